The van der Waals surface area contributed by atoms with Gasteiger partial charge in [-0.25, -0.2) is 9.97 Å². The number of hydrogen-bond donors (Lipinski definition) is 2. The van der Waals surface area contributed by atoms with E-state index in [-0.39, 0.29) is 22.4 Å². The van der Waals surface area contributed by atoms with Gasteiger partial charge in [-0.3, -0.25) is 20.2 Å². The Morgan fingerprint density at radius 3 is 2.20 bits per heavy atom. The van der Waals surface area contributed by atoms with Crippen LogP contribution in [0.2, 0.25) is 5.02 Å². The predicted molar refractivity (Wildman–Crippen MR) is 93.9 cm³/mol. The standard InChI is InChI=1S/C17H10ClF6N5O/c18-11-6-10(17(22,23)24)8-26-14(11)29-5-1-2-12(29)15(30)28-27-13-4-3-9(7-25-13)16(19,20)21/h1-8H,(H,25,27)(H,28,30). The van der Waals surface area contributed by atoms with Crippen molar-refractivity contribution in [2.45, 2.75) is 12.4 Å². The molecule has 3 aromatic rings. The second-order valence-corrected chi connectivity index (χ2v) is 6.21. The van der Waals surface area contributed by atoms with E-state index in [0.29, 0.717) is 18.5 Å². The Kier molecular flexibility index (Phi) is 5.61. The molecule has 0 unspecified atom stereocenters. The number of halogens is 7. The lowest BCUT2D eigenvalue weighted by molar-refractivity contribution is -0.138. The molecule has 13 heteroatoms. The summed E-state index contributed by atoms with van der Waals surface area (Å²) in [6, 6.07) is 5.23. The fourth-order valence-corrected chi connectivity index (χ4v) is 2.59. The van der Waals surface area contributed by atoms with Crippen molar-refractivity contribution >= 4 is 23.3 Å². The highest BCUT2D eigenvalue weighted by Crippen LogP contribution is 2.32. The summed E-state index contributed by atoms with van der Waals surface area (Å²) < 4.78 is 77.0. The van der Waals surface area contributed by atoms with Crippen LogP contribution in [0, 0.1) is 0 Å². The number of nitrogens with zero attached hydrogens (tertiary/aromatic N) is 3. The fourth-order valence-electron chi connectivity index (χ4n) is 2.33. The Bertz CT molecular complexity index is 1060. The number of alkyl halides is 6. The number of amides is 1. The molecule has 158 valence electrons. The van der Waals surface area contributed by atoms with Crippen LogP contribution in [0.4, 0.5) is 32.2 Å². The molecule has 0 spiro atoms. The molecule has 0 radical (unpaired) electrons. The molecule has 0 fully saturated rings. The number of pyridine rings is 2. The van der Waals surface area contributed by atoms with E-state index in [4.69, 9.17) is 11.6 Å². The van der Waals surface area contributed by atoms with Crippen LogP contribution in [-0.4, -0.2) is 20.4 Å². The Balaban J connectivity index is 1.76. The summed E-state index contributed by atoms with van der Waals surface area (Å²) in [5, 5.41) is -0.340. The van der Waals surface area contributed by atoms with Gasteiger partial charge in [-0.05, 0) is 30.3 Å². The highest BCUT2D eigenvalue weighted by molar-refractivity contribution is 6.32. The van der Waals surface area contributed by atoms with E-state index in [9.17, 15) is 31.1 Å². The number of nitrogens with one attached hydrogen (secondary N) is 2. The quantitative estimate of drug-likeness (QED) is 0.447. The van der Waals surface area contributed by atoms with Gasteiger partial charge in [0.15, 0.2) is 5.82 Å². The number of carbonyl (C=O) groups is 1. The number of aromatic nitrogens is 3. The third-order valence-corrected chi connectivity index (χ3v) is 4.03. The van der Waals surface area contributed by atoms with Gasteiger partial charge in [0.1, 0.15) is 11.5 Å². The maximum Gasteiger partial charge on any atom is 0.417 e. The summed E-state index contributed by atoms with van der Waals surface area (Å²) in [6.45, 7) is 0. The first-order chi connectivity index (χ1) is 14.0. The first-order valence-electron chi connectivity index (χ1n) is 7.97. The number of carbonyl (C=O) groups excluding carboxylic acids is 1. The fraction of sp³-hybridized carbons (Fsp3) is 0.118. The van der Waals surface area contributed by atoms with Crippen molar-refractivity contribution in [3.05, 3.63) is 70.8 Å². The molecule has 30 heavy (non-hydrogen) atoms. The Labute approximate surface area is 169 Å². The molecule has 0 aliphatic carbocycles. The first-order valence-corrected chi connectivity index (χ1v) is 8.34. The van der Waals surface area contributed by atoms with Crippen LogP contribution in [0.25, 0.3) is 5.82 Å². The minimum atomic E-state index is -4.63. The number of rotatable bonds is 4. The van der Waals surface area contributed by atoms with Gasteiger partial charge in [-0.2, -0.15) is 26.3 Å². The number of hydrazine groups is 1. The smallest absolute Gasteiger partial charge is 0.295 e. The summed E-state index contributed by atoms with van der Waals surface area (Å²) in [5.74, 6) is -0.952. The molecule has 3 rings (SSSR count). The molecule has 0 aliphatic rings. The van der Waals surface area contributed by atoms with Crippen LogP contribution in [0.5, 0.6) is 0 Å². The van der Waals surface area contributed by atoms with Crippen LogP contribution in [0.1, 0.15) is 21.6 Å². The molecular formula is C17H10ClF6N5O. The van der Waals surface area contributed by atoms with E-state index in [2.05, 4.69) is 20.8 Å². The van der Waals surface area contributed by atoms with Crippen molar-refractivity contribution in [1.29, 1.82) is 0 Å². The molecule has 3 aromatic heterocycles. The van der Waals surface area contributed by atoms with E-state index >= 15 is 0 Å². The third kappa shape index (κ3) is 4.64. The topological polar surface area (TPSA) is 71.8 Å². The van der Waals surface area contributed by atoms with Crippen molar-refractivity contribution < 1.29 is 31.1 Å². The van der Waals surface area contributed by atoms with Gasteiger partial charge >= 0.3 is 12.4 Å². The summed E-state index contributed by atoms with van der Waals surface area (Å²) in [7, 11) is 0. The van der Waals surface area contributed by atoms with E-state index in [1.807, 2.05) is 0 Å². The van der Waals surface area contributed by atoms with Crippen molar-refractivity contribution in [2.75, 3.05) is 5.43 Å². The van der Waals surface area contributed by atoms with E-state index in [1.54, 1.807) is 0 Å². The van der Waals surface area contributed by atoms with E-state index in [1.165, 1.54) is 18.3 Å². The Morgan fingerprint density at radius 1 is 0.967 bits per heavy atom. The van der Waals surface area contributed by atoms with Gasteiger partial charge < -0.3 is 0 Å². The van der Waals surface area contributed by atoms with Crippen LogP contribution >= 0.6 is 11.6 Å². The molecule has 0 aliphatic heterocycles. The van der Waals surface area contributed by atoms with E-state index < -0.39 is 29.4 Å². The minimum absolute atomic E-state index is 0.0522. The number of hydrogen-bond acceptors (Lipinski definition) is 4. The largest absolute Gasteiger partial charge is 0.417 e. The van der Waals surface area contributed by atoms with Crippen LogP contribution in [0.15, 0.2) is 48.9 Å². The normalized spacial score (nSPS) is 12.0. The molecule has 6 nitrogen and oxygen atoms in total. The molecular weight excluding hydrogens is 440 g/mol. The number of anilines is 1. The highest BCUT2D eigenvalue weighted by atomic mass is 35.5. The molecule has 2 N–H and O–H groups in total. The highest BCUT2D eigenvalue weighted by Gasteiger charge is 2.32. The van der Waals surface area contributed by atoms with Crippen molar-refractivity contribution in [3.8, 4) is 5.82 Å². The molecule has 0 saturated heterocycles. The second kappa shape index (κ2) is 7.86. The minimum Gasteiger partial charge on any atom is -0.295 e. The second-order valence-electron chi connectivity index (χ2n) is 5.80. The zero-order chi connectivity index (χ0) is 22.1. The van der Waals surface area contributed by atoms with Gasteiger partial charge in [0, 0.05) is 18.6 Å². The predicted octanol–water partition coefficient (Wildman–Crippen LogP) is 4.72. The molecule has 0 aromatic carbocycles. The van der Waals surface area contributed by atoms with E-state index in [0.717, 1.165) is 16.7 Å². The van der Waals surface area contributed by atoms with Crippen molar-refractivity contribution in [3.63, 3.8) is 0 Å². The van der Waals surface area contributed by atoms with Crippen molar-refractivity contribution in [2.24, 2.45) is 0 Å². The third-order valence-electron chi connectivity index (χ3n) is 3.75. The average molecular weight is 450 g/mol. The first kappa shape index (κ1) is 21.4. The van der Waals surface area contributed by atoms with Gasteiger partial charge in [-0.1, -0.05) is 11.6 Å². The summed E-state index contributed by atoms with van der Waals surface area (Å²) in [5.41, 5.74) is 2.50. The zero-order valence-electron chi connectivity index (χ0n) is 14.5. The molecule has 3 heterocycles. The van der Waals surface area contributed by atoms with Gasteiger partial charge in [0.2, 0.25) is 0 Å². The summed E-state index contributed by atoms with van der Waals surface area (Å²) in [4.78, 5) is 19.6. The van der Waals surface area contributed by atoms with Crippen LogP contribution < -0.4 is 10.9 Å². The lowest BCUT2D eigenvalue weighted by atomic mass is 10.2. The maximum absolute atomic E-state index is 12.8. The molecule has 0 saturated carbocycles. The lowest BCUT2D eigenvalue weighted by Gasteiger charge is -2.13. The monoisotopic (exact) mass is 449 g/mol. The average Bonchev–Trinajstić information content (AvgIpc) is 3.14. The molecule has 0 bridgehead atoms. The molecule has 1 amide bonds. The SMILES string of the molecule is O=C(NNc1ccc(C(F)(F)F)cn1)c1cccn1-c1ncc(C(F)(F)F)cc1Cl. The lowest BCUT2D eigenvalue weighted by Crippen LogP contribution is -2.31. The maximum atomic E-state index is 12.8. The zero-order valence-corrected chi connectivity index (χ0v) is 15.3. The Hall–Kier alpha value is -3.28. The summed E-state index contributed by atoms with van der Waals surface area (Å²) >= 11 is 5.90. The van der Waals surface area contributed by atoms with Crippen LogP contribution in [-0.2, 0) is 12.4 Å². The van der Waals surface area contributed by atoms with Gasteiger partial charge in [0.25, 0.3) is 5.91 Å². The van der Waals surface area contributed by atoms with Crippen LogP contribution in [0.3, 0.4) is 0 Å². The van der Waals surface area contributed by atoms with Gasteiger partial charge in [0.05, 0.1) is 16.1 Å². The Morgan fingerprint density at radius 2 is 1.63 bits per heavy atom. The van der Waals surface area contributed by atoms with Crippen molar-refractivity contribution in [1.82, 2.24) is 20.0 Å². The molecule has 0 atom stereocenters. The summed E-state index contributed by atoms with van der Waals surface area (Å²) in [6.07, 6.45) is -6.67. The van der Waals surface area contributed by atoms with Gasteiger partial charge in [-0.15, -0.1) is 0 Å².